The van der Waals surface area contributed by atoms with E-state index in [1.807, 2.05) is 0 Å². The third-order valence-electron chi connectivity index (χ3n) is 7.01. The van der Waals surface area contributed by atoms with Crippen LogP contribution in [0, 0.1) is 0 Å². The van der Waals surface area contributed by atoms with Gasteiger partial charge in [0.15, 0.2) is 5.60 Å². The molecule has 2 N–H and O–H groups in total. The number of likely N-dealkylation sites (tertiary alicyclic amines) is 2. The number of nitrogens with zero attached hydrogens (tertiary/aromatic N) is 3. The summed E-state index contributed by atoms with van der Waals surface area (Å²) in [5, 5.41) is 15.5. The lowest BCUT2D eigenvalue weighted by Gasteiger charge is -2.48. The van der Waals surface area contributed by atoms with Crippen molar-refractivity contribution in [3.8, 4) is 0 Å². The zero-order chi connectivity index (χ0) is 26.2. The van der Waals surface area contributed by atoms with Crippen LogP contribution in [-0.2, 0) is 10.4 Å². The van der Waals surface area contributed by atoms with Gasteiger partial charge in [-0.1, -0.05) is 46.9 Å². The topological polar surface area (TPSA) is 76.1 Å². The lowest BCUT2D eigenvalue weighted by atomic mass is 9.92. The Morgan fingerprint density at radius 3 is 2.19 bits per heavy atom. The van der Waals surface area contributed by atoms with Crippen molar-refractivity contribution in [2.45, 2.75) is 37.5 Å². The first-order valence-corrected chi connectivity index (χ1v) is 13.1. The molecule has 0 aliphatic carbocycles. The quantitative estimate of drug-likeness (QED) is 0.522. The first-order chi connectivity index (χ1) is 17.0. The molecule has 0 aromatic heterocycles. The summed E-state index contributed by atoms with van der Waals surface area (Å²) in [7, 11) is 3.32. The molecule has 2 aromatic rings. The first-order valence-electron chi connectivity index (χ1n) is 12.0. The molecule has 11 heteroatoms. The minimum atomic E-state index is -1.61. The molecule has 1 atom stereocenters. The molecule has 7 nitrogen and oxygen atoms in total. The Morgan fingerprint density at radius 2 is 1.65 bits per heavy atom. The van der Waals surface area contributed by atoms with Crippen LogP contribution in [0.4, 0.5) is 5.69 Å². The fraction of sp³-hybridized carbons (Fsp3) is 0.462. The predicted molar refractivity (Wildman–Crippen MR) is 154 cm³/mol. The van der Waals surface area contributed by atoms with Crippen LogP contribution in [0.25, 0.3) is 0 Å². The average Bonchev–Trinajstić information content (AvgIpc) is 2.80. The highest BCUT2D eigenvalue weighted by Gasteiger charge is 2.40. The number of piperidine rings is 1. The number of amides is 2. The number of halogens is 3. The lowest BCUT2D eigenvalue weighted by Crippen LogP contribution is -2.61. The zero-order valence-electron chi connectivity index (χ0n) is 21.1. The molecule has 37 heavy (non-hydrogen) atoms. The van der Waals surface area contributed by atoms with Gasteiger partial charge in [-0.05, 0) is 49.6 Å². The van der Waals surface area contributed by atoms with E-state index in [1.165, 1.54) is 11.8 Å². The Balaban J connectivity index is 0.00000380. The molecule has 202 valence electrons. The average molecular weight is 588 g/mol. The first kappa shape index (κ1) is 29.9. The molecule has 2 aliphatic rings. The van der Waals surface area contributed by atoms with Crippen LogP contribution in [-0.4, -0.2) is 84.0 Å². The molecular formula is C26H33Cl3N4O3S. The van der Waals surface area contributed by atoms with Crippen molar-refractivity contribution in [3.63, 3.8) is 0 Å². The van der Waals surface area contributed by atoms with E-state index in [4.69, 9.17) is 34.8 Å². The Hall–Kier alpha value is -1.68. The normalized spacial score (nSPS) is 18.4. The summed E-state index contributed by atoms with van der Waals surface area (Å²) in [5.74, 6) is -0.526. The van der Waals surface area contributed by atoms with Crippen LogP contribution in [0.3, 0.4) is 0 Å². The molecule has 2 heterocycles. The van der Waals surface area contributed by atoms with Gasteiger partial charge < -0.3 is 20.2 Å². The van der Waals surface area contributed by atoms with E-state index in [-0.39, 0.29) is 31.4 Å². The number of benzene rings is 2. The van der Waals surface area contributed by atoms with Crippen LogP contribution in [0.1, 0.15) is 35.7 Å². The van der Waals surface area contributed by atoms with Gasteiger partial charge in [0, 0.05) is 57.0 Å². The molecule has 4 rings (SSSR count). The summed E-state index contributed by atoms with van der Waals surface area (Å²) in [6.45, 7) is 4.46. The van der Waals surface area contributed by atoms with Crippen molar-refractivity contribution < 1.29 is 14.7 Å². The lowest BCUT2D eigenvalue weighted by molar-refractivity contribution is -0.152. The van der Waals surface area contributed by atoms with Crippen LogP contribution in [0.15, 0.2) is 36.4 Å². The number of rotatable bonds is 6. The number of hydrogen-bond acceptors (Lipinski definition) is 5. The molecule has 0 unspecified atom stereocenters. The van der Waals surface area contributed by atoms with Gasteiger partial charge in [0.05, 0.1) is 21.7 Å². The number of carbonyl (C=O) groups excluding carboxylic acids is 2. The maximum atomic E-state index is 13.1. The molecule has 2 fully saturated rings. The van der Waals surface area contributed by atoms with Gasteiger partial charge in [0.25, 0.3) is 11.8 Å². The van der Waals surface area contributed by atoms with Crippen LogP contribution >= 0.6 is 48.3 Å². The molecule has 0 radical (unpaired) electrons. The molecule has 0 spiro atoms. The minimum Gasteiger partial charge on any atom is -0.380 e. The monoisotopic (exact) mass is 586 g/mol. The molecular weight excluding hydrogens is 555 g/mol. The number of anilines is 1. The van der Waals surface area contributed by atoms with E-state index >= 15 is 0 Å². The Bertz CT molecular complexity index is 1130. The van der Waals surface area contributed by atoms with Crippen LogP contribution in [0.2, 0.25) is 15.1 Å². The second-order valence-corrected chi connectivity index (χ2v) is 11.2. The zero-order valence-corrected chi connectivity index (χ0v) is 24.4. The summed E-state index contributed by atoms with van der Waals surface area (Å²) >= 11 is 18.7. The Morgan fingerprint density at radius 1 is 1.05 bits per heavy atom. The van der Waals surface area contributed by atoms with Crippen molar-refractivity contribution in [2.24, 2.45) is 0 Å². The van der Waals surface area contributed by atoms with E-state index < -0.39 is 5.60 Å². The highest BCUT2D eigenvalue weighted by molar-refractivity contribution is 7.59. The third-order valence-corrected chi connectivity index (χ3v) is 7.85. The molecule has 2 amide bonds. The predicted octanol–water partition coefficient (Wildman–Crippen LogP) is 4.46. The molecule has 2 saturated heterocycles. The van der Waals surface area contributed by atoms with Gasteiger partial charge in [0.2, 0.25) is 0 Å². The second kappa shape index (κ2) is 12.0. The fourth-order valence-electron chi connectivity index (χ4n) is 4.88. The second-order valence-electron chi connectivity index (χ2n) is 9.92. The van der Waals surface area contributed by atoms with Crippen molar-refractivity contribution in [1.29, 1.82) is 0 Å². The highest BCUT2D eigenvalue weighted by atomic mass is 35.5. The van der Waals surface area contributed by atoms with E-state index in [9.17, 15) is 14.7 Å². The highest BCUT2D eigenvalue weighted by Crippen LogP contribution is 2.32. The standard InChI is InChI=1S/C26H31Cl3N4O3.H2S/c1-26(36,16-5-4-6-17(27)11-16)25(35)32-9-7-20(8-10-32)33-14-19(15-33)30-18-12-21(28)23(22(29)13-18)24(34)31(2)3;/h4-6,11-13,19-20,30,36H,7-10,14-15H2,1-3H3;1H2/t26-;/m0./s1. The van der Waals surface area contributed by atoms with Gasteiger partial charge in [-0.2, -0.15) is 13.5 Å². The van der Waals surface area contributed by atoms with Crippen molar-refractivity contribution in [2.75, 3.05) is 45.6 Å². The number of carbonyl (C=O) groups is 2. The number of hydrogen-bond donors (Lipinski definition) is 2. The van der Waals surface area contributed by atoms with Crippen LogP contribution in [0.5, 0.6) is 0 Å². The maximum Gasteiger partial charge on any atom is 0.258 e. The smallest absolute Gasteiger partial charge is 0.258 e. The minimum absolute atomic E-state index is 0. The van der Waals surface area contributed by atoms with Gasteiger partial charge >= 0.3 is 0 Å². The summed E-state index contributed by atoms with van der Waals surface area (Å²) in [5.41, 5.74) is -0.0230. The third kappa shape index (κ3) is 6.49. The maximum absolute atomic E-state index is 13.1. The van der Waals surface area contributed by atoms with Crippen molar-refractivity contribution in [1.82, 2.24) is 14.7 Å². The molecule has 0 bridgehead atoms. The summed E-state index contributed by atoms with van der Waals surface area (Å²) in [6.07, 6.45) is 1.70. The molecule has 2 aliphatic heterocycles. The largest absolute Gasteiger partial charge is 0.380 e. The van der Waals surface area contributed by atoms with Gasteiger partial charge in [-0.3, -0.25) is 14.5 Å². The summed E-state index contributed by atoms with van der Waals surface area (Å²) < 4.78 is 0. The van der Waals surface area contributed by atoms with Crippen molar-refractivity contribution in [3.05, 3.63) is 62.6 Å². The Kier molecular flexibility index (Phi) is 9.70. The molecule has 0 saturated carbocycles. The van der Waals surface area contributed by atoms with E-state index in [0.717, 1.165) is 31.6 Å². The van der Waals surface area contributed by atoms with Gasteiger partial charge in [0.1, 0.15) is 0 Å². The number of nitrogens with one attached hydrogen (secondary N) is 1. The van der Waals surface area contributed by atoms with Crippen LogP contribution < -0.4 is 5.32 Å². The van der Waals surface area contributed by atoms with E-state index in [0.29, 0.717) is 45.3 Å². The Labute approximate surface area is 240 Å². The summed E-state index contributed by atoms with van der Waals surface area (Å²) in [4.78, 5) is 31.0. The number of aliphatic hydroxyl groups is 1. The molecule has 2 aromatic carbocycles. The van der Waals surface area contributed by atoms with E-state index in [2.05, 4.69) is 10.2 Å². The van der Waals surface area contributed by atoms with Crippen molar-refractivity contribution >= 4 is 65.8 Å². The SMILES string of the molecule is CN(C)C(=O)c1c(Cl)cc(NC2CN(C3CCN(C(=O)[C@@](C)(O)c4cccc(Cl)c4)CC3)C2)cc1Cl.S. The van der Waals surface area contributed by atoms with Gasteiger partial charge in [-0.15, -0.1) is 0 Å². The van der Waals surface area contributed by atoms with E-state index in [1.54, 1.807) is 55.4 Å². The fourth-order valence-corrected chi connectivity index (χ4v) is 5.72. The summed E-state index contributed by atoms with van der Waals surface area (Å²) in [6, 6.07) is 10.9. The van der Waals surface area contributed by atoms with Gasteiger partial charge in [-0.25, -0.2) is 0 Å².